The third-order valence-corrected chi connectivity index (χ3v) is 4.62. The Morgan fingerprint density at radius 3 is 2.95 bits per heavy atom. The van der Waals surface area contributed by atoms with Crippen LogP contribution in [0, 0.1) is 12.8 Å². The number of hydrogen-bond donors (Lipinski definition) is 1. The Hall–Kier alpha value is -1.80. The van der Waals surface area contributed by atoms with Crippen LogP contribution in [0.1, 0.15) is 11.4 Å². The molecule has 2 aromatic rings. The Balaban J connectivity index is 1.70. The van der Waals surface area contributed by atoms with E-state index < -0.39 is 0 Å². The van der Waals surface area contributed by atoms with Gasteiger partial charge in [-0.25, -0.2) is 0 Å². The van der Waals surface area contributed by atoms with Crippen molar-refractivity contribution in [2.45, 2.75) is 13.3 Å². The number of nitrogens with one attached hydrogen (secondary N) is 1. The zero-order valence-corrected chi connectivity index (χ0v) is 14.1. The van der Waals surface area contributed by atoms with E-state index in [1.165, 1.54) is 11.3 Å². The van der Waals surface area contributed by atoms with Crippen LogP contribution in [0.2, 0.25) is 0 Å². The molecule has 1 N–H and O–H groups in total. The van der Waals surface area contributed by atoms with E-state index in [-0.39, 0.29) is 24.2 Å². The van der Waals surface area contributed by atoms with Crippen LogP contribution < -0.4 is 10.2 Å². The van der Waals surface area contributed by atoms with Gasteiger partial charge in [0.15, 0.2) is 0 Å². The lowest BCUT2D eigenvalue weighted by atomic mass is 10.1. The van der Waals surface area contributed by atoms with E-state index in [9.17, 15) is 9.59 Å². The third-order valence-electron chi connectivity index (χ3n) is 3.37. The maximum Gasteiger partial charge on any atom is 0.231 e. The number of carbonyl (C=O) groups is 2. The normalized spacial score (nSPS) is 17.8. The molecule has 0 aliphatic carbocycles. The van der Waals surface area contributed by atoms with Crippen LogP contribution >= 0.6 is 27.3 Å². The summed E-state index contributed by atoms with van der Waals surface area (Å²) in [5.41, 5.74) is 0.793. The number of carbonyl (C=O) groups excluding carboxylic acids is 2. The lowest BCUT2D eigenvalue weighted by molar-refractivity contribution is -0.122. The van der Waals surface area contributed by atoms with Crippen molar-refractivity contribution in [2.75, 3.05) is 16.8 Å². The first-order valence-electron chi connectivity index (χ1n) is 6.70. The standard InChI is InChI=1S/C14H13BrN4O2S/c1-8-17-18-14(22-8)16-13(21)9-5-12(20)19(7-9)11-4-2-3-10(15)6-11/h2-4,6,9H,5,7H2,1H3,(H,16,18,21). The van der Waals surface area contributed by atoms with E-state index in [4.69, 9.17) is 0 Å². The summed E-state index contributed by atoms with van der Waals surface area (Å²) in [5.74, 6) is -0.621. The second kappa shape index (κ2) is 6.13. The molecule has 1 atom stereocenters. The molecule has 3 rings (SSSR count). The summed E-state index contributed by atoms with van der Waals surface area (Å²) in [6.07, 6.45) is 0.204. The van der Waals surface area contributed by atoms with Crippen LogP contribution in [0.15, 0.2) is 28.7 Å². The van der Waals surface area contributed by atoms with Crippen molar-refractivity contribution >= 4 is 49.9 Å². The summed E-state index contributed by atoms with van der Waals surface area (Å²) < 4.78 is 0.898. The molecule has 2 amide bonds. The van der Waals surface area contributed by atoms with Gasteiger partial charge in [0.2, 0.25) is 16.9 Å². The smallest absolute Gasteiger partial charge is 0.231 e. The van der Waals surface area contributed by atoms with E-state index in [0.717, 1.165) is 15.2 Å². The first-order chi connectivity index (χ1) is 10.5. The first kappa shape index (κ1) is 15.1. The van der Waals surface area contributed by atoms with Gasteiger partial charge in [-0.05, 0) is 25.1 Å². The summed E-state index contributed by atoms with van der Waals surface area (Å²) in [6.45, 7) is 2.19. The molecule has 1 aromatic heterocycles. The fourth-order valence-corrected chi connectivity index (χ4v) is 3.31. The highest BCUT2D eigenvalue weighted by molar-refractivity contribution is 9.10. The summed E-state index contributed by atoms with van der Waals surface area (Å²) in [6, 6.07) is 7.49. The highest BCUT2D eigenvalue weighted by Gasteiger charge is 2.35. The number of amides is 2. The van der Waals surface area contributed by atoms with Crippen LogP contribution in [0.4, 0.5) is 10.8 Å². The number of nitrogens with zero attached hydrogens (tertiary/aromatic N) is 3. The van der Waals surface area contributed by atoms with Gasteiger partial charge in [0, 0.05) is 23.1 Å². The van der Waals surface area contributed by atoms with Crippen LogP contribution in [0.3, 0.4) is 0 Å². The van der Waals surface area contributed by atoms with Gasteiger partial charge >= 0.3 is 0 Å². The van der Waals surface area contributed by atoms with Crippen molar-refractivity contribution in [2.24, 2.45) is 5.92 Å². The molecule has 6 nitrogen and oxygen atoms in total. The second-order valence-electron chi connectivity index (χ2n) is 5.00. The number of aromatic nitrogens is 2. The predicted octanol–water partition coefficient (Wildman–Crippen LogP) is 2.60. The zero-order valence-electron chi connectivity index (χ0n) is 11.7. The maximum atomic E-state index is 12.3. The Labute approximate surface area is 139 Å². The average Bonchev–Trinajstić information content (AvgIpc) is 3.05. The summed E-state index contributed by atoms with van der Waals surface area (Å²) in [4.78, 5) is 26.1. The number of benzene rings is 1. The Morgan fingerprint density at radius 1 is 1.45 bits per heavy atom. The summed E-state index contributed by atoms with van der Waals surface area (Å²) in [5, 5.41) is 11.7. The van der Waals surface area contributed by atoms with E-state index in [1.54, 1.807) is 4.90 Å². The largest absolute Gasteiger partial charge is 0.312 e. The van der Waals surface area contributed by atoms with E-state index >= 15 is 0 Å². The van der Waals surface area contributed by atoms with E-state index in [0.29, 0.717) is 11.7 Å². The van der Waals surface area contributed by atoms with Crippen LogP contribution in [-0.2, 0) is 9.59 Å². The highest BCUT2D eigenvalue weighted by atomic mass is 79.9. The van der Waals surface area contributed by atoms with Gasteiger partial charge in [0.25, 0.3) is 0 Å². The van der Waals surface area contributed by atoms with Gasteiger partial charge in [0.05, 0.1) is 5.92 Å². The molecule has 8 heteroatoms. The second-order valence-corrected chi connectivity index (χ2v) is 7.10. The zero-order chi connectivity index (χ0) is 15.7. The third kappa shape index (κ3) is 3.17. The molecular formula is C14H13BrN4O2S. The van der Waals surface area contributed by atoms with Crippen molar-refractivity contribution in [1.29, 1.82) is 0 Å². The quantitative estimate of drug-likeness (QED) is 0.887. The fourth-order valence-electron chi connectivity index (χ4n) is 2.33. The van der Waals surface area contributed by atoms with E-state index in [1.807, 2.05) is 31.2 Å². The Bertz CT molecular complexity index is 733. The summed E-state index contributed by atoms with van der Waals surface area (Å²) >= 11 is 4.70. The Kier molecular flexibility index (Phi) is 4.21. The van der Waals surface area contributed by atoms with Gasteiger partial charge in [0.1, 0.15) is 5.01 Å². The molecule has 2 heterocycles. The van der Waals surface area contributed by atoms with Gasteiger partial charge in [-0.1, -0.05) is 33.3 Å². The molecule has 0 spiro atoms. The number of hydrogen-bond acceptors (Lipinski definition) is 5. The van der Waals surface area contributed by atoms with Gasteiger partial charge in [-0.3, -0.25) is 9.59 Å². The molecule has 1 saturated heterocycles. The van der Waals surface area contributed by atoms with Gasteiger partial charge in [-0.15, -0.1) is 10.2 Å². The minimum Gasteiger partial charge on any atom is -0.312 e. The molecule has 22 heavy (non-hydrogen) atoms. The van der Waals surface area contributed by atoms with Crippen molar-refractivity contribution in [3.63, 3.8) is 0 Å². The molecular weight excluding hydrogens is 368 g/mol. The first-order valence-corrected chi connectivity index (χ1v) is 8.31. The van der Waals surface area contributed by atoms with Gasteiger partial charge in [-0.2, -0.15) is 0 Å². The highest BCUT2D eigenvalue weighted by Crippen LogP contribution is 2.28. The predicted molar refractivity (Wildman–Crippen MR) is 87.9 cm³/mol. The molecule has 114 valence electrons. The van der Waals surface area contributed by atoms with Crippen molar-refractivity contribution in [3.8, 4) is 0 Å². The molecule has 1 aliphatic rings. The molecule has 0 bridgehead atoms. The number of rotatable bonds is 3. The monoisotopic (exact) mass is 380 g/mol. The lowest BCUT2D eigenvalue weighted by Gasteiger charge is -2.16. The number of aryl methyl sites for hydroxylation is 1. The summed E-state index contributed by atoms with van der Waals surface area (Å²) in [7, 11) is 0. The minimum atomic E-state index is -0.379. The average molecular weight is 381 g/mol. The van der Waals surface area contributed by atoms with E-state index in [2.05, 4.69) is 31.4 Å². The van der Waals surface area contributed by atoms with Crippen LogP contribution in [-0.4, -0.2) is 28.6 Å². The number of halogens is 1. The van der Waals surface area contributed by atoms with Crippen LogP contribution in [0.25, 0.3) is 0 Å². The number of anilines is 2. The SMILES string of the molecule is Cc1nnc(NC(=O)C2CC(=O)N(c3cccc(Br)c3)C2)s1. The maximum absolute atomic E-state index is 12.3. The van der Waals surface area contributed by atoms with Gasteiger partial charge < -0.3 is 10.2 Å². The Morgan fingerprint density at radius 2 is 2.27 bits per heavy atom. The lowest BCUT2D eigenvalue weighted by Crippen LogP contribution is -2.28. The van der Waals surface area contributed by atoms with Crippen molar-refractivity contribution in [1.82, 2.24) is 10.2 Å². The van der Waals surface area contributed by atoms with Crippen LogP contribution in [0.5, 0.6) is 0 Å². The molecule has 0 saturated carbocycles. The molecule has 1 fully saturated rings. The topological polar surface area (TPSA) is 75.2 Å². The minimum absolute atomic E-state index is 0.0494. The molecule has 0 radical (unpaired) electrons. The molecule has 1 aliphatic heterocycles. The van der Waals surface area contributed by atoms with Crippen molar-refractivity contribution in [3.05, 3.63) is 33.7 Å². The fraction of sp³-hybridized carbons (Fsp3) is 0.286. The molecule has 1 unspecified atom stereocenters. The molecule has 1 aromatic carbocycles. The van der Waals surface area contributed by atoms with Crippen molar-refractivity contribution < 1.29 is 9.59 Å².